The van der Waals surface area contributed by atoms with Crippen molar-refractivity contribution in [1.82, 2.24) is 0 Å². The minimum absolute atomic E-state index is 0.457. The Morgan fingerprint density at radius 3 is 0.164 bits per heavy atom. The maximum Gasteiger partial charge on any atom is -0.000000185 e. The molecule has 63 unspecified atom stereocenters. The third-order valence-electron chi connectivity index (χ3n) is 10.4. The van der Waals surface area contributed by atoms with Gasteiger partial charge in [-0.1, -0.05) is 0 Å². The van der Waals surface area contributed by atoms with Gasteiger partial charge >= 0.3 is 0 Å². The van der Waals surface area contributed by atoms with Crippen molar-refractivity contribution in [2.24, 2.45) is 0 Å². The monoisotopic (exact) mass is 3710 g/mol. The quantitative estimate of drug-likeness (QED) is 0.0533. The van der Waals surface area contributed by atoms with Crippen molar-refractivity contribution in [1.29, 1.82) is 0 Å². The Balaban J connectivity index is 16.2. The first-order valence-corrected chi connectivity index (χ1v) is 238. The molecule has 0 radical (unpaired) electrons. The highest BCUT2D eigenvalue weighted by atomic mass is 33.7. The zero-order valence-electron chi connectivity index (χ0n) is 59.6. The van der Waals surface area contributed by atoms with E-state index in [1.165, 1.54) is 0 Å². The molecule has 0 saturated carbocycles. The zero-order chi connectivity index (χ0) is 91.9. The number of rotatable bonds is 56. The normalized spacial score (nSPS) is 15.7. The van der Waals surface area contributed by atoms with E-state index in [0.29, 0.717) is 0 Å². The molecule has 0 aromatic rings. The molecule has 0 heterocycles. The van der Waals surface area contributed by atoms with Gasteiger partial charge in [-0.05, 0) is 398 Å². The molecule has 0 aliphatic heterocycles. The van der Waals surface area contributed by atoms with Gasteiger partial charge in [0.1, 0.15) is 0 Å². The number of hydrogen-bond acceptors (Lipinski definition) is 0. The fourth-order valence-electron chi connectivity index (χ4n) is 7.16. The maximum atomic E-state index is 4.14. The van der Waals surface area contributed by atoms with Crippen LogP contribution in [0.2, 0.25) is 0 Å². The molecule has 0 aliphatic carbocycles. The van der Waals surface area contributed by atoms with Crippen LogP contribution in [-0.4, -0.2) is 0 Å². The summed E-state index contributed by atoms with van der Waals surface area (Å²) < 4.78 is 0. The molecule has 0 fully saturated rings. The van der Waals surface area contributed by atoms with Gasteiger partial charge in [-0.15, -0.1) is 527 Å². The van der Waals surface area contributed by atoms with Gasteiger partial charge in [0.05, 0.1) is 0 Å². The standard InChI is InChI=1S/H118P116/c1-60(2)89(59)104(90(61(3)4)62(5)6)111(103(87(55)56)88(57)58)115(112(105(91(63(7)8)64(9)10)92(65(11)12)66(13)14)106(93(67(15)16)68(17)18)94(69(19)20)70(21)22)116(113(107(95(71(23)24)72(25)26)96(73(27)28)74(29)30)108(97(75(31)32)76(33)34)98(77(35)36)78(37)38)114(109(99(79(39)40)80(41)42)100(81(43)44)82(45)46)110(101(83(47)48)84(49)50)102(85(51)52)86(53)54/h1-59H2. The van der Waals surface area contributed by atoms with Gasteiger partial charge in [0, 0.05) is 0 Å². The lowest BCUT2D eigenvalue weighted by Gasteiger charge is -2.65. The molecule has 0 aliphatic rings. The van der Waals surface area contributed by atoms with Gasteiger partial charge in [-0.2, -0.15) is 0 Å². The Labute approximate surface area is 909 Å². The van der Waals surface area contributed by atoms with Crippen LogP contribution < -0.4 is 0 Å². The summed E-state index contributed by atoms with van der Waals surface area (Å²) in [5.41, 5.74) is 0. The molecule has 0 bridgehead atoms. The first-order valence-electron chi connectivity index (χ1n) is 26.4. The lowest BCUT2D eigenvalue weighted by molar-refractivity contribution is 4.28. The van der Waals surface area contributed by atoms with Crippen LogP contribution in [0.3, 0.4) is 0 Å². The number of hydrogen-bond donors (Lipinski definition) is 0. The van der Waals surface area contributed by atoms with Gasteiger partial charge in [-0.3, -0.25) is 0 Å². The van der Waals surface area contributed by atoms with Crippen LogP contribution in [-0.2, 0) is 0 Å². The van der Waals surface area contributed by atoms with Crippen LogP contribution in [0.15, 0.2) is 0 Å². The van der Waals surface area contributed by atoms with Crippen molar-refractivity contribution in [3.8, 4) is 0 Å². The molecule has 0 amide bonds. The molecule has 0 aromatic heterocycles. The van der Waals surface area contributed by atoms with E-state index in [0.717, 1.165) is 0 Å². The van der Waals surface area contributed by atoms with E-state index in [1.54, 1.807) is 0 Å². The highest BCUT2D eigenvalue weighted by molar-refractivity contribution is 9.62. The molecular weight excluding hydrogens is 3590 g/mol. The minimum atomic E-state index is -0.786. The predicted molar refractivity (Wildman–Crippen MR) is 967 cm³/mol. The molecule has 0 aromatic carbocycles. The molecule has 0 N–H and O–H groups in total. The van der Waals surface area contributed by atoms with Crippen LogP contribution in [0.1, 0.15) is 0 Å². The first kappa shape index (κ1) is 166. The van der Waals surface area contributed by atoms with Crippen LogP contribution in [0.4, 0.5) is 0 Å². The Morgan fingerprint density at radius 1 is 0.0517 bits per heavy atom. The smallest absolute Gasteiger partial charge is 0.000000185 e. The van der Waals surface area contributed by atoms with E-state index in [4.69, 9.17) is 0 Å². The molecule has 0 spiro atoms. The van der Waals surface area contributed by atoms with Crippen LogP contribution >= 0.6 is 925 Å². The highest BCUT2D eigenvalue weighted by Gasteiger charge is 2.69. The average molecular weight is 3710 g/mol. The van der Waals surface area contributed by atoms with Gasteiger partial charge in [0.15, 0.2) is 0 Å². The van der Waals surface area contributed by atoms with E-state index >= 15 is 0 Å². The molecule has 0 nitrogen and oxygen atoms in total. The van der Waals surface area contributed by atoms with Crippen molar-refractivity contribution < 1.29 is 0 Å². The predicted octanol–water partition coefficient (Wildman–Crippen LogP) is 68.3. The Kier molecular flexibility index (Phi) is 130. The first-order chi connectivity index (χ1) is 52.7. The van der Waals surface area contributed by atoms with Gasteiger partial charge in [0.25, 0.3) is 0 Å². The van der Waals surface area contributed by atoms with Crippen molar-refractivity contribution in [3.63, 3.8) is 0 Å². The molecule has 698 valence electrons. The second kappa shape index (κ2) is 90.8. The molecule has 63 atom stereocenters. The van der Waals surface area contributed by atoms with Crippen LogP contribution in [0, 0.1) is 0 Å². The minimum Gasteiger partial charge on any atom is -0.102 e. The molecule has 0 saturated heterocycles. The van der Waals surface area contributed by atoms with Gasteiger partial charge < -0.3 is 0 Å². The van der Waals surface area contributed by atoms with E-state index in [1.807, 2.05) is 0 Å². The third kappa shape index (κ3) is 58.0. The lowest BCUT2D eigenvalue weighted by atomic mass is 28.3. The highest BCUT2D eigenvalue weighted by Crippen LogP contribution is 3.56. The van der Waals surface area contributed by atoms with E-state index < -0.39 is 398 Å². The summed E-state index contributed by atoms with van der Waals surface area (Å²) in [4.78, 5) is 0. The molecular formula is H118P116. The lowest BCUT2D eigenvalue weighted by Crippen LogP contribution is -1.78. The largest absolute Gasteiger partial charge is 0.102 e. The van der Waals surface area contributed by atoms with E-state index in [-0.39, 0.29) is 0 Å². The van der Waals surface area contributed by atoms with E-state index in [2.05, 4.69) is 527 Å². The van der Waals surface area contributed by atoms with Crippen molar-refractivity contribution in [3.05, 3.63) is 0 Å². The van der Waals surface area contributed by atoms with Crippen LogP contribution in [0.25, 0.3) is 0 Å². The summed E-state index contributed by atoms with van der Waals surface area (Å²) in [5, 5.41) is 0. The zero-order valence-corrected chi connectivity index (χ0v) is 179. The Morgan fingerprint density at radius 2 is 0.103 bits per heavy atom. The van der Waals surface area contributed by atoms with Gasteiger partial charge in [0.2, 0.25) is 0 Å². The summed E-state index contributed by atoms with van der Waals surface area (Å²) in [6, 6.07) is 0. The van der Waals surface area contributed by atoms with Crippen molar-refractivity contribution in [2.75, 3.05) is 0 Å². The molecule has 0 rings (SSSR count). The summed E-state index contributed by atoms with van der Waals surface area (Å²) >= 11 is 0. The molecule has 116 heavy (non-hydrogen) atoms. The average Bonchev–Trinajstić information content (AvgIpc) is 0.702. The SMILES string of the molecule is PP(P)P(P)P(P(P(P)P)P(P)P)P(P(P(P)P)P(P)P)P(P(P(P(P(P)P)P(P)P)P(P(P)P)P(P)P)P(P(P(P)P)P(P)P)P(P(P)P)P(P)P)P(P(P(P(P(P)P)P(P)P)P(P(P)P)P(P)P)P(P(P(P)P)P(P)P)P(P(P)P)P(P)P)P(P(P(P(P)P)P(P)P)P(P(P)P)P(P)P)P(P(P(P)P)P(P)P)P(P(P)P)P(P)P. The summed E-state index contributed by atoms with van der Waals surface area (Å²) in [6.07, 6.45) is 0. The summed E-state index contributed by atoms with van der Waals surface area (Å²) in [7, 11) is 229. The second-order valence-electron chi connectivity index (χ2n) is 18.6. The van der Waals surface area contributed by atoms with Gasteiger partial charge in [-0.25, -0.2) is 0 Å². The van der Waals surface area contributed by atoms with Crippen LogP contribution in [0.5, 0.6) is 0 Å². The topological polar surface area (TPSA) is 0 Å². The summed E-state index contributed by atoms with van der Waals surface area (Å²) in [5.74, 6) is 0. The summed E-state index contributed by atoms with van der Waals surface area (Å²) in [6.45, 7) is -30.4. The van der Waals surface area contributed by atoms with E-state index in [9.17, 15) is 0 Å². The molecule has 116 heteroatoms. The second-order valence-corrected chi connectivity index (χ2v) is 502. The Bertz CT molecular complexity index is 2020. The van der Waals surface area contributed by atoms with Crippen molar-refractivity contribution >= 4 is 925 Å². The fourth-order valence-corrected chi connectivity index (χ4v) is 1740. The fraction of sp³-hybridized carbons (Fsp3) is 0. The Hall–Kier alpha value is 49.9. The third-order valence-corrected chi connectivity index (χ3v) is 839. The maximum absolute atomic E-state index is 4.14. The van der Waals surface area contributed by atoms with Crippen molar-refractivity contribution in [2.45, 2.75) is 0 Å².